The van der Waals surface area contributed by atoms with E-state index < -0.39 is 22.5 Å². The van der Waals surface area contributed by atoms with E-state index in [-0.39, 0.29) is 21.5 Å². The average Bonchev–Trinajstić information content (AvgIpc) is 3.18. The highest BCUT2D eigenvalue weighted by Gasteiger charge is 2.29. The van der Waals surface area contributed by atoms with Crippen LogP contribution in [0.2, 0.25) is 10.0 Å². The average molecular weight is 673 g/mol. The number of rotatable bonds is 9. The number of unbranched alkanes of at least 4 members (excludes halogenated alkanes) is 1. The van der Waals surface area contributed by atoms with E-state index in [9.17, 15) is 13.2 Å². The number of esters is 1. The van der Waals surface area contributed by atoms with E-state index in [0.717, 1.165) is 30.9 Å². The van der Waals surface area contributed by atoms with Crippen molar-refractivity contribution in [2.24, 2.45) is 0 Å². The minimum absolute atomic E-state index is 0.131. The Kier molecular flexibility index (Phi) is 8.62. The number of aromatic nitrogens is 3. The smallest absolute Gasteiger partial charge is 0.326 e. The fourth-order valence-corrected chi connectivity index (χ4v) is 6.49. The molecule has 4 aromatic rings. The predicted molar refractivity (Wildman–Crippen MR) is 153 cm³/mol. The Hall–Kier alpha value is -2.41. The van der Waals surface area contributed by atoms with Crippen molar-refractivity contribution >= 4 is 78.4 Å². The molecule has 194 valence electrons. The lowest BCUT2D eigenvalue weighted by Crippen LogP contribution is -2.36. The summed E-state index contributed by atoms with van der Waals surface area (Å²) in [5.41, 5.74) is 1.90. The van der Waals surface area contributed by atoms with Crippen LogP contribution in [0.15, 0.2) is 59.6 Å². The van der Waals surface area contributed by atoms with Gasteiger partial charge in [0.1, 0.15) is 6.54 Å². The molecule has 0 spiro atoms. The van der Waals surface area contributed by atoms with Crippen molar-refractivity contribution in [1.29, 1.82) is 0 Å². The van der Waals surface area contributed by atoms with Crippen LogP contribution in [0.4, 0.5) is 5.69 Å². The number of hydrogen-bond donors (Lipinski definition) is 0. The van der Waals surface area contributed by atoms with E-state index >= 15 is 0 Å². The molecule has 0 atom stereocenters. The minimum atomic E-state index is -4.22. The van der Waals surface area contributed by atoms with Gasteiger partial charge in [-0.1, -0.05) is 36.5 Å². The summed E-state index contributed by atoms with van der Waals surface area (Å²) in [5.74, 6) is -0.0312. The summed E-state index contributed by atoms with van der Waals surface area (Å²) >= 11 is 14.4. The highest BCUT2D eigenvalue weighted by Crippen LogP contribution is 2.33. The maximum Gasteiger partial charge on any atom is 0.326 e. The summed E-state index contributed by atoms with van der Waals surface area (Å²) in [6.07, 6.45) is 3.42. The molecule has 0 fully saturated rings. The van der Waals surface area contributed by atoms with Gasteiger partial charge in [0.05, 0.1) is 28.4 Å². The zero-order valence-corrected chi connectivity index (χ0v) is 24.5. The molecule has 37 heavy (non-hydrogen) atoms. The lowest BCUT2D eigenvalue weighted by atomic mass is 10.2. The van der Waals surface area contributed by atoms with Crippen molar-refractivity contribution in [3.63, 3.8) is 0 Å². The highest BCUT2D eigenvalue weighted by molar-refractivity contribution is 14.1. The van der Waals surface area contributed by atoms with Crippen LogP contribution in [0.5, 0.6) is 0 Å². The molecule has 0 aliphatic rings. The first-order chi connectivity index (χ1) is 17.6. The van der Waals surface area contributed by atoms with Gasteiger partial charge in [-0.3, -0.25) is 13.7 Å². The molecule has 2 aromatic heterocycles. The molecule has 0 amide bonds. The van der Waals surface area contributed by atoms with Crippen LogP contribution in [0.25, 0.3) is 16.7 Å². The molecule has 12 heteroatoms. The molecule has 0 saturated carbocycles. The first kappa shape index (κ1) is 27.6. The topological polar surface area (TPSA) is 94.4 Å². The third kappa shape index (κ3) is 6.19. The van der Waals surface area contributed by atoms with E-state index in [4.69, 9.17) is 27.9 Å². The number of benzene rings is 2. The summed E-state index contributed by atoms with van der Waals surface area (Å²) in [4.78, 5) is 12.5. The first-order valence-electron chi connectivity index (χ1n) is 11.4. The zero-order valence-electron chi connectivity index (χ0n) is 20.0. The number of ether oxygens (including phenoxy) is 1. The largest absolute Gasteiger partial charge is 0.464 e. The normalized spacial score (nSPS) is 11.6. The SMILES string of the molecule is CCCCOC(=O)CN(c1ccc2c(c1)c(I)cn2-c1ccc(C)nn1)S(=O)(=O)c1cc(Cl)cc(Cl)c1. The third-order valence-electron chi connectivity index (χ3n) is 5.52. The van der Waals surface area contributed by atoms with Gasteiger partial charge in [-0.05, 0) is 84.5 Å². The van der Waals surface area contributed by atoms with Crippen LogP contribution in [0, 0.1) is 10.5 Å². The van der Waals surface area contributed by atoms with Gasteiger partial charge < -0.3 is 4.74 Å². The second-order valence-corrected chi connectivity index (χ2v) is 12.2. The van der Waals surface area contributed by atoms with Crippen molar-refractivity contribution < 1.29 is 17.9 Å². The van der Waals surface area contributed by atoms with Gasteiger partial charge in [-0.25, -0.2) is 8.42 Å². The summed E-state index contributed by atoms with van der Waals surface area (Å²) in [6.45, 7) is 3.53. The Bertz CT molecular complexity index is 1540. The van der Waals surface area contributed by atoms with Crippen LogP contribution in [-0.2, 0) is 19.6 Å². The summed E-state index contributed by atoms with van der Waals surface area (Å²) in [7, 11) is -4.22. The fraction of sp³-hybridized carbons (Fsp3) is 0.240. The lowest BCUT2D eigenvalue weighted by molar-refractivity contribution is -0.141. The minimum Gasteiger partial charge on any atom is -0.464 e. The summed E-state index contributed by atoms with van der Waals surface area (Å²) < 4.78 is 36.6. The van der Waals surface area contributed by atoms with Gasteiger partial charge in [-0.2, -0.15) is 5.10 Å². The fourth-order valence-electron chi connectivity index (χ4n) is 3.66. The van der Waals surface area contributed by atoms with Crippen molar-refractivity contribution in [3.8, 4) is 5.82 Å². The Morgan fingerprint density at radius 3 is 2.46 bits per heavy atom. The molecule has 8 nitrogen and oxygen atoms in total. The van der Waals surface area contributed by atoms with Gasteiger partial charge in [0.15, 0.2) is 5.82 Å². The Balaban J connectivity index is 1.80. The monoisotopic (exact) mass is 672 g/mol. The summed E-state index contributed by atoms with van der Waals surface area (Å²) in [5, 5.41) is 9.49. The van der Waals surface area contributed by atoms with Gasteiger partial charge in [0.25, 0.3) is 10.0 Å². The van der Waals surface area contributed by atoms with E-state index in [1.54, 1.807) is 18.2 Å². The lowest BCUT2D eigenvalue weighted by Gasteiger charge is -2.24. The number of sulfonamides is 1. The maximum absolute atomic E-state index is 13.8. The number of carbonyl (C=O) groups is 1. The van der Waals surface area contributed by atoms with E-state index in [2.05, 4.69) is 32.8 Å². The van der Waals surface area contributed by atoms with Crippen molar-refractivity contribution in [3.05, 3.63) is 74.0 Å². The van der Waals surface area contributed by atoms with Crippen molar-refractivity contribution in [2.75, 3.05) is 17.5 Å². The Morgan fingerprint density at radius 1 is 1.08 bits per heavy atom. The molecule has 2 aromatic carbocycles. The van der Waals surface area contributed by atoms with Gasteiger partial charge in [0.2, 0.25) is 0 Å². The molecular weight excluding hydrogens is 650 g/mol. The molecule has 2 heterocycles. The van der Waals surface area contributed by atoms with E-state index in [1.165, 1.54) is 18.2 Å². The molecule has 0 bridgehead atoms. The van der Waals surface area contributed by atoms with E-state index in [1.807, 2.05) is 36.7 Å². The number of anilines is 1. The third-order valence-corrected chi connectivity index (χ3v) is 8.56. The number of hydrogen-bond acceptors (Lipinski definition) is 6. The first-order valence-corrected chi connectivity index (χ1v) is 14.6. The van der Waals surface area contributed by atoms with Crippen LogP contribution in [0.1, 0.15) is 25.5 Å². The molecule has 4 rings (SSSR count). The van der Waals surface area contributed by atoms with Crippen molar-refractivity contribution in [1.82, 2.24) is 14.8 Å². The van der Waals surface area contributed by atoms with Gasteiger partial charge in [0, 0.05) is 25.2 Å². The van der Waals surface area contributed by atoms with Crippen LogP contribution < -0.4 is 4.31 Å². The molecule has 0 saturated heterocycles. The number of aryl methyl sites for hydroxylation is 1. The molecule has 0 radical (unpaired) electrons. The zero-order chi connectivity index (χ0) is 26.7. The predicted octanol–water partition coefficient (Wildman–Crippen LogP) is 6.18. The second-order valence-electron chi connectivity index (χ2n) is 8.27. The Morgan fingerprint density at radius 2 is 1.81 bits per heavy atom. The van der Waals surface area contributed by atoms with Gasteiger partial charge in [-0.15, -0.1) is 5.10 Å². The van der Waals surface area contributed by atoms with Crippen LogP contribution in [-0.4, -0.2) is 42.3 Å². The van der Waals surface area contributed by atoms with Crippen LogP contribution >= 0.6 is 45.8 Å². The second kappa shape index (κ2) is 11.5. The van der Waals surface area contributed by atoms with Crippen molar-refractivity contribution in [2.45, 2.75) is 31.6 Å². The van der Waals surface area contributed by atoms with Gasteiger partial charge >= 0.3 is 5.97 Å². The maximum atomic E-state index is 13.8. The number of nitrogens with zero attached hydrogens (tertiary/aromatic N) is 4. The molecular formula is C25H23Cl2IN4O4S. The summed E-state index contributed by atoms with van der Waals surface area (Å²) in [6, 6.07) is 12.9. The number of carbonyl (C=O) groups excluding carboxylic acids is 1. The standard InChI is InChI=1S/C25H23Cl2IN4O4S/c1-3-4-9-36-25(33)15-32(37(34,35)20-11-17(26)10-18(27)12-20)19-6-7-23-21(13-19)22(28)14-31(23)24-8-5-16(2)29-30-24/h5-8,10-14H,3-4,9,15H2,1-2H3. The molecule has 0 N–H and O–H groups in total. The van der Waals surface area contributed by atoms with Crippen LogP contribution in [0.3, 0.4) is 0 Å². The molecule has 0 aliphatic heterocycles. The number of fused-ring (bicyclic) bond motifs is 1. The molecule has 0 unspecified atom stereocenters. The quantitative estimate of drug-likeness (QED) is 0.120. The van der Waals surface area contributed by atoms with E-state index in [0.29, 0.717) is 17.9 Å². The molecule has 0 aliphatic carbocycles. The Labute approximate surface area is 238 Å². The number of halogens is 3. The highest BCUT2D eigenvalue weighted by atomic mass is 127.